The Morgan fingerprint density at radius 2 is 1.77 bits per heavy atom. The number of amides is 1. The summed E-state index contributed by atoms with van der Waals surface area (Å²) in [5, 5.41) is 6.86. The molecule has 2 N–H and O–H groups in total. The van der Waals surface area contributed by atoms with Gasteiger partial charge in [0.2, 0.25) is 0 Å². The summed E-state index contributed by atoms with van der Waals surface area (Å²) >= 11 is 5.27. The van der Waals surface area contributed by atoms with Crippen molar-refractivity contribution in [1.29, 1.82) is 0 Å². The van der Waals surface area contributed by atoms with E-state index in [0.29, 0.717) is 18.2 Å². The second kappa shape index (κ2) is 6.92. The third-order valence-corrected chi connectivity index (χ3v) is 4.18. The molecule has 1 amide bonds. The number of allylic oxidation sites excluding steroid dienone is 1. The van der Waals surface area contributed by atoms with Gasteiger partial charge in [-0.15, -0.1) is 0 Å². The normalized spacial score (nSPS) is 17.8. The summed E-state index contributed by atoms with van der Waals surface area (Å²) in [4.78, 5) is 14.7. The number of aryl methyl sites for hydroxylation is 1. The number of hydrogen-bond acceptors (Lipinski definition) is 2. The van der Waals surface area contributed by atoms with Gasteiger partial charge in [-0.1, -0.05) is 29.8 Å². The lowest BCUT2D eigenvalue weighted by Crippen LogP contribution is -2.47. The average Bonchev–Trinajstić information content (AvgIpc) is 2.48. The maximum Gasteiger partial charge on any atom is 0.253 e. The van der Waals surface area contributed by atoms with Gasteiger partial charge >= 0.3 is 0 Å². The van der Waals surface area contributed by atoms with Crippen molar-refractivity contribution in [2.24, 2.45) is 0 Å². The van der Waals surface area contributed by atoms with Crippen molar-refractivity contribution < 1.29 is 4.79 Å². The van der Waals surface area contributed by atoms with Gasteiger partial charge < -0.3 is 15.5 Å². The summed E-state index contributed by atoms with van der Waals surface area (Å²) in [6.07, 6.45) is 0. The molecule has 5 heteroatoms. The van der Waals surface area contributed by atoms with Gasteiger partial charge in [-0.2, -0.15) is 0 Å². The third kappa shape index (κ3) is 3.30. The van der Waals surface area contributed by atoms with Crippen LogP contribution in [0.1, 0.15) is 37.9 Å². The second-order valence-electron chi connectivity index (χ2n) is 5.46. The van der Waals surface area contributed by atoms with Crippen LogP contribution in [0.5, 0.6) is 0 Å². The lowest BCUT2D eigenvalue weighted by Gasteiger charge is -2.33. The Labute approximate surface area is 137 Å². The van der Waals surface area contributed by atoms with E-state index >= 15 is 0 Å². The van der Waals surface area contributed by atoms with Crippen molar-refractivity contribution in [3.8, 4) is 0 Å². The van der Waals surface area contributed by atoms with Crippen LogP contribution in [0.4, 0.5) is 0 Å². The topological polar surface area (TPSA) is 44.4 Å². The van der Waals surface area contributed by atoms with Gasteiger partial charge in [-0.25, -0.2) is 0 Å². The maximum absolute atomic E-state index is 12.9. The van der Waals surface area contributed by atoms with Crippen LogP contribution in [0.15, 0.2) is 35.5 Å². The first-order valence-electron chi connectivity index (χ1n) is 7.62. The molecule has 0 saturated heterocycles. The van der Waals surface area contributed by atoms with Crippen molar-refractivity contribution in [3.63, 3.8) is 0 Å². The number of rotatable bonds is 4. The minimum Gasteiger partial charge on any atom is -0.351 e. The zero-order chi connectivity index (χ0) is 16.3. The minimum atomic E-state index is -0.206. The summed E-state index contributed by atoms with van der Waals surface area (Å²) in [5.74, 6) is 0.0515. The molecular weight excluding hydrogens is 294 g/mol. The lowest BCUT2D eigenvalue weighted by atomic mass is 9.94. The van der Waals surface area contributed by atoms with Gasteiger partial charge in [0.25, 0.3) is 5.91 Å². The standard InChI is InChI=1S/C17H23N3OS/c1-5-20(6-2)16(21)14-12(4)18-17(22)19-15(14)13-9-7-11(3)8-10-13/h7-10,15H,5-6H2,1-4H3,(H2,18,19,22)/t15-/m1/s1. The van der Waals surface area contributed by atoms with Gasteiger partial charge in [0.1, 0.15) is 0 Å². The monoisotopic (exact) mass is 317 g/mol. The predicted molar refractivity (Wildman–Crippen MR) is 93.4 cm³/mol. The fraction of sp³-hybridized carbons (Fsp3) is 0.412. The van der Waals surface area contributed by atoms with Gasteiger partial charge in [0, 0.05) is 18.8 Å². The van der Waals surface area contributed by atoms with E-state index in [1.165, 1.54) is 5.56 Å². The maximum atomic E-state index is 12.9. The van der Waals surface area contributed by atoms with Crippen LogP contribution in [-0.2, 0) is 4.79 Å². The van der Waals surface area contributed by atoms with Crippen LogP contribution in [0, 0.1) is 6.92 Å². The number of hydrogen-bond donors (Lipinski definition) is 2. The molecule has 118 valence electrons. The van der Waals surface area contributed by atoms with Crippen molar-refractivity contribution >= 4 is 23.2 Å². The fourth-order valence-electron chi connectivity index (χ4n) is 2.67. The quantitative estimate of drug-likeness (QED) is 0.838. The Balaban J connectivity index is 2.45. The first-order valence-corrected chi connectivity index (χ1v) is 8.02. The second-order valence-corrected chi connectivity index (χ2v) is 5.87. The Bertz CT molecular complexity index is 603. The first-order chi connectivity index (χ1) is 10.5. The molecule has 0 bridgehead atoms. The van der Waals surface area contributed by atoms with Crippen molar-refractivity contribution in [2.75, 3.05) is 13.1 Å². The molecule has 1 aliphatic heterocycles. The smallest absolute Gasteiger partial charge is 0.253 e. The number of nitrogens with zero attached hydrogens (tertiary/aromatic N) is 1. The molecular formula is C17H23N3OS. The van der Waals surface area contributed by atoms with E-state index in [-0.39, 0.29) is 11.9 Å². The van der Waals surface area contributed by atoms with E-state index in [1.54, 1.807) is 0 Å². The van der Waals surface area contributed by atoms with Crippen LogP contribution >= 0.6 is 12.2 Å². The summed E-state index contributed by atoms with van der Waals surface area (Å²) in [6.45, 7) is 9.33. The van der Waals surface area contributed by atoms with Crippen LogP contribution in [0.25, 0.3) is 0 Å². The van der Waals surface area contributed by atoms with Crippen molar-refractivity contribution in [2.45, 2.75) is 33.7 Å². The van der Waals surface area contributed by atoms with Gasteiger partial charge in [-0.3, -0.25) is 4.79 Å². The molecule has 0 spiro atoms. The highest BCUT2D eigenvalue weighted by atomic mass is 32.1. The Morgan fingerprint density at radius 3 is 2.32 bits per heavy atom. The number of carbonyl (C=O) groups excluding carboxylic acids is 1. The van der Waals surface area contributed by atoms with E-state index in [0.717, 1.165) is 16.8 Å². The number of thiocarbonyl (C=S) groups is 1. The van der Waals surface area contributed by atoms with Crippen LogP contribution in [0.3, 0.4) is 0 Å². The lowest BCUT2D eigenvalue weighted by molar-refractivity contribution is -0.127. The molecule has 1 aliphatic rings. The highest BCUT2D eigenvalue weighted by Crippen LogP contribution is 2.28. The molecule has 1 atom stereocenters. The molecule has 2 rings (SSSR count). The Kier molecular flexibility index (Phi) is 5.19. The van der Waals surface area contributed by atoms with Crippen LogP contribution in [-0.4, -0.2) is 29.0 Å². The van der Waals surface area contributed by atoms with E-state index < -0.39 is 0 Å². The molecule has 0 fully saturated rings. The molecule has 0 saturated carbocycles. The SMILES string of the molecule is CCN(CC)C(=O)C1=C(C)NC(=S)N[C@@H]1c1ccc(C)cc1. The van der Waals surface area contributed by atoms with Gasteiger partial charge in [-0.05, 0) is 45.5 Å². The molecule has 4 nitrogen and oxygen atoms in total. The highest BCUT2D eigenvalue weighted by Gasteiger charge is 2.31. The molecule has 0 aliphatic carbocycles. The summed E-state index contributed by atoms with van der Waals surface area (Å²) in [5.41, 5.74) is 3.80. The molecule has 1 heterocycles. The first kappa shape index (κ1) is 16.5. The number of benzene rings is 1. The van der Waals surface area contributed by atoms with Crippen molar-refractivity contribution in [1.82, 2.24) is 15.5 Å². The van der Waals surface area contributed by atoms with Crippen LogP contribution < -0.4 is 10.6 Å². The molecule has 0 unspecified atom stereocenters. The van der Waals surface area contributed by atoms with Crippen molar-refractivity contribution in [3.05, 3.63) is 46.7 Å². The third-order valence-electron chi connectivity index (χ3n) is 3.96. The summed E-state index contributed by atoms with van der Waals surface area (Å²) in [7, 11) is 0. The predicted octanol–water partition coefficient (Wildman–Crippen LogP) is 2.66. The Morgan fingerprint density at radius 1 is 1.18 bits per heavy atom. The number of carbonyl (C=O) groups is 1. The largest absolute Gasteiger partial charge is 0.351 e. The van der Waals surface area contributed by atoms with Gasteiger partial charge in [0.05, 0.1) is 11.6 Å². The fourth-order valence-corrected chi connectivity index (χ4v) is 2.94. The molecule has 0 radical (unpaired) electrons. The highest BCUT2D eigenvalue weighted by molar-refractivity contribution is 7.80. The summed E-state index contributed by atoms with van der Waals surface area (Å²) < 4.78 is 0. The van der Waals surface area contributed by atoms with Gasteiger partial charge in [0.15, 0.2) is 5.11 Å². The molecule has 0 aromatic heterocycles. The Hall–Kier alpha value is -1.88. The number of nitrogens with one attached hydrogen (secondary N) is 2. The van der Waals surface area contributed by atoms with E-state index in [4.69, 9.17) is 12.2 Å². The van der Waals surface area contributed by atoms with Crippen LogP contribution in [0.2, 0.25) is 0 Å². The molecule has 22 heavy (non-hydrogen) atoms. The zero-order valence-corrected chi connectivity index (χ0v) is 14.4. The number of likely N-dealkylation sites (N-methyl/N-ethyl adjacent to an activating group) is 1. The molecule has 1 aromatic rings. The summed E-state index contributed by atoms with van der Waals surface area (Å²) in [6, 6.07) is 7.99. The molecule has 1 aromatic carbocycles. The van der Waals surface area contributed by atoms with E-state index in [2.05, 4.69) is 22.8 Å². The average molecular weight is 317 g/mol. The van der Waals surface area contributed by atoms with E-state index in [1.807, 2.05) is 44.7 Å². The minimum absolute atomic E-state index is 0.0515. The van der Waals surface area contributed by atoms with E-state index in [9.17, 15) is 4.79 Å². The zero-order valence-electron chi connectivity index (χ0n) is 13.6.